The number of para-hydroxylation sites is 1. The summed E-state index contributed by atoms with van der Waals surface area (Å²) in [6.07, 6.45) is 1.69. The smallest absolute Gasteiger partial charge is 0.123 e. The Morgan fingerprint density at radius 1 is 1.10 bits per heavy atom. The molecule has 0 unspecified atom stereocenters. The van der Waals surface area contributed by atoms with Crippen LogP contribution in [0.25, 0.3) is 22.3 Å². The van der Waals surface area contributed by atoms with Crippen LogP contribution in [0.5, 0.6) is 5.75 Å². The van der Waals surface area contributed by atoms with Crippen molar-refractivity contribution in [1.82, 2.24) is 9.97 Å². The van der Waals surface area contributed by atoms with E-state index in [1.807, 2.05) is 24.3 Å². The Kier molecular flexibility index (Phi) is 3.64. The van der Waals surface area contributed by atoms with Gasteiger partial charge in [-0.2, -0.15) is 0 Å². The summed E-state index contributed by atoms with van der Waals surface area (Å²) in [7, 11) is 0. The van der Waals surface area contributed by atoms with E-state index >= 15 is 0 Å². The van der Waals surface area contributed by atoms with Gasteiger partial charge < -0.3 is 10.5 Å². The van der Waals surface area contributed by atoms with Crippen molar-refractivity contribution in [2.24, 2.45) is 0 Å². The zero-order valence-corrected chi connectivity index (χ0v) is 11.3. The highest BCUT2D eigenvalue weighted by Crippen LogP contribution is 2.26. The highest BCUT2D eigenvalue weighted by molar-refractivity contribution is 5.81. The van der Waals surface area contributed by atoms with Crippen LogP contribution in [0.3, 0.4) is 0 Å². The number of benzene rings is 2. The van der Waals surface area contributed by atoms with Crippen molar-refractivity contribution in [3.05, 3.63) is 48.7 Å². The van der Waals surface area contributed by atoms with Gasteiger partial charge in [-0.3, -0.25) is 4.98 Å². The third kappa shape index (κ3) is 2.76. The zero-order valence-electron chi connectivity index (χ0n) is 11.3. The maximum atomic E-state index is 12.2. The van der Waals surface area contributed by atoms with E-state index in [2.05, 4.69) is 9.97 Å². The van der Waals surface area contributed by atoms with Crippen LogP contribution in [-0.2, 0) is 0 Å². The van der Waals surface area contributed by atoms with E-state index in [0.717, 1.165) is 11.1 Å². The summed E-state index contributed by atoms with van der Waals surface area (Å²) in [4.78, 5) is 8.93. The fourth-order valence-corrected chi connectivity index (χ4v) is 2.10. The summed E-state index contributed by atoms with van der Waals surface area (Å²) in [5.74, 6) is 0.577. The number of fused-ring (bicyclic) bond motifs is 1. The highest BCUT2D eigenvalue weighted by atomic mass is 19.1. The second-order valence-corrected chi connectivity index (χ2v) is 4.53. The number of nitrogen functional groups attached to an aromatic ring is 1. The van der Waals surface area contributed by atoms with Gasteiger partial charge in [-0.05, 0) is 18.2 Å². The van der Waals surface area contributed by atoms with Crippen LogP contribution in [0, 0.1) is 0 Å². The Bertz CT molecular complexity index is 776. The van der Waals surface area contributed by atoms with Gasteiger partial charge in [0.2, 0.25) is 0 Å². The van der Waals surface area contributed by atoms with Gasteiger partial charge >= 0.3 is 0 Å². The molecule has 1 heterocycles. The molecule has 0 aliphatic heterocycles. The van der Waals surface area contributed by atoms with Crippen molar-refractivity contribution in [2.45, 2.75) is 0 Å². The quantitative estimate of drug-likeness (QED) is 0.747. The molecule has 0 spiro atoms. The summed E-state index contributed by atoms with van der Waals surface area (Å²) in [5, 5.41) is 0. The minimum absolute atomic E-state index is 0.0320. The lowest BCUT2D eigenvalue weighted by Crippen LogP contribution is -1.99. The molecule has 3 aromatic rings. The lowest BCUT2D eigenvalue weighted by atomic mass is 10.1. The van der Waals surface area contributed by atoms with E-state index in [-0.39, 0.29) is 6.61 Å². The molecule has 0 atom stereocenters. The zero-order chi connectivity index (χ0) is 14.7. The first-order chi connectivity index (χ1) is 10.3. The largest absolute Gasteiger partial charge is 0.491 e. The first-order valence-electron chi connectivity index (χ1n) is 6.58. The van der Waals surface area contributed by atoms with Crippen LogP contribution >= 0.6 is 0 Å². The number of alkyl halides is 1. The SMILES string of the molecule is Nc1ccccc1-c1cnc2ccc(OCCF)cc2n1. The third-order valence-electron chi connectivity index (χ3n) is 3.10. The van der Waals surface area contributed by atoms with E-state index in [1.165, 1.54) is 0 Å². The Balaban J connectivity index is 2.04. The second kappa shape index (κ2) is 5.75. The summed E-state index contributed by atoms with van der Waals surface area (Å²) in [6.45, 7) is -0.492. The first-order valence-corrected chi connectivity index (χ1v) is 6.58. The molecule has 0 saturated carbocycles. The van der Waals surface area contributed by atoms with Gasteiger partial charge in [0.25, 0.3) is 0 Å². The van der Waals surface area contributed by atoms with Crippen LogP contribution in [0.15, 0.2) is 48.7 Å². The van der Waals surface area contributed by atoms with Crippen molar-refractivity contribution in [3.8, 4) is 17.0 Å². The van der Waals surface area contributed by atoms with E-state index in [4.69, 9.17) is 10.5 Å². The summed E-state index contributed by atoms with van der Waals surface area (Å²) in [5.41, 5.74) is 9.58. The highest BCUT2D eigenvalue weighted by Gasteiger charge is 2.06. The molecule has 5 heteroatoms. The maximum Gasteiger partial charge on any atom is 0.123 e. The molecule has 0 bridgehead atoms. The van der Waals surface area contributed by atoms with Gasteiger partial charge in [-0.1, -0.05) is 18.2 Å². The number of ether oxygens (including phenoxy) is 1. The minimum atomic E-state index is -0.524. The molecule has 0 fully saturated rings. The Labute approximate surface area is 121 Å². The standard InChI is InChI=1S/C16H14FN3O/c17-7-8-21-11-5-6-14-15(9-11)20-16(10-19-14)12-3-1-2-4-13(12)18/h1-6,9-10H,7-8,18H2. The molecular weight excluding hydrogens is 269 g/mol. The Morgan fingerprint density at radius 2 is 1.95 bits per heavy atom. The van der Waals surface area contributed by atoms with Crippen molar-refractivity contribution in [1.29, 1.82) is 0 Å². The van der Waals surface area contributed by atoms with E-state index in [9.17, 15) is 4.39 Å². The lowest BCUT2D eigenvalue weighted by molar-refractivity contribution is 0.273. The molecule has 4 nitrogen and oxygen atoms in total. The van der Waals surface area contributed by atoms with Crippen molar-refractivity contribution in [3.63, 3.8) is 0 Å². The molecule has 0 aliphatic rings. The molecule has 3 rings (SSSR count). The number of hydrogen-bond acceptors (Lipinski definition) is 4. The molecule has 0 amide bonds. The van der Waals surface area contributed by atoms with Crippen LogP contribution in [0.1, 0.15) is 0 Å². The van der Waals surface area contributed by atoms with E-state index < -0.39 is 6.67 Å². The number of aromatic nitrogens is 2. The van der Waals surface area contributed by atoms with Crippen LogP contribution in [0.4, 0.5) is 10.1 Å². The van der Waals surface area contributed by atoms with Gasteiger partial charge in [-0.25, -0.2) is 9.37 Å². The average Bonchev–Trinajstić information content (AvgIpc) is 2.52. The minimum Gasteiger partial charge on any atom is -0.491 e. The topological polar surface area (TPSA) is 61.0 Å². The molecular formula is C16H14FN3O. The van der Waals surface area contributed by atoms with Crippen molar-refractivity contribution >= 4 is 16.7 Å². The van der Waals surface area contributed by atoms with E-state index in [0.29, 0.717) is 22.6 Å². The predicted molar refractivity (Wildman–Crippen MR) is 80.9 cm³/mol. The molecule has 0 radical (unpaired) electrons. The molecule has 2 aromatic carbocycles. The normalized spacial score (nSPS) is 10.7. The number of nitrogens with two attached hydrogens (primary N) is 1. The molecule has 0 saturated heterocycles. The second-order valence-electron chi connectivity index (χ2n) is 4.53. The summed E-state index contributed by atoms with van der Waals surface area (Å²) < 4.78 is 17.4. The molecule has 1 aromatic heterocycles. The Hall–Kier alpha value is -2.69. The molecule has 2 N–H and O–H groups in total. The fraction of sp³-hybridized carbons (Fsp3) is 0.125. The van der Waals surface area contributed by atoms with Gasteiger partial charge in [0.1, 0.15) is 19.0 Å². The molecule has 21 heavy (non-hydrogen) atoms. The van der Waals surface area contributed by atoms with Gasteiger partial charge in [0.15, 0.2) is 0 Å². The monoisotopic (exact) mass is 283 g/mol. The number of hydrogen-bond donors (Lipinski definition) is 1. The number of anilines is 1. The van der Waals surface area contributed by atoms with E-state index in [1.54, 1.807) is 24.4 Å². The van der Waals surface area contributed by atoms with Crippen LogP contribution < -0.4 is 10.5 Å². The fourth-order valence-electron chi connectivity index (χ4n) is 2.10. The van der Waals surface area contributed by atoms with Gasteiger partial charge in [0, 0.05) is 17.3 Å². The lowest BCUT2D eigenvalue weighted by Gasteiger charge is -2.07. The Morgan fingerprint density at radius 3 is 2.76 bits per heavy atom. The number of rotatable bonds is 4. The van der Waals surface area contributed by atoms with Crippen LogP contribution in [0.2, 0.25) is 0 Å². The van der Waals surface area contributed by atoms with Crippen molar-refractivity contribution < 1.29 is 9.13 Å². The maximum absolute atomic E-state index is 12.2. The predicted octanol–water partition coefficient (Wildman–Crippen LogP) is 3.23. The summed E-state index contributed by atoms with van der Waals surface area (Å²) >= 11 is 0. The van der Waals surface area contributed by atoms with Gasteiger partial charge in [0.05, 0.1) is 22.9 Å². The molecule has 106 valence electrons. The summed E-state index contributed by atoms with van der Waals surface area (Å²) in [6, 6.07) is 12.8. The van der Waals surface area contributed by atoms with Gasteiger partial charge in [-0.15, -0.1) is 0 Å². The average molecular weight is 283 g/mol. The molecule has 0 aliphatic carbocycles. The van der Waals surface area contributed by atoms with Crippen LogP contribution in [-0.4, -0.2) is 23.2 Å². The van der Waals surface area contributed by atoms with Crippen molar-refractivity contribution in [2.75, 3.05) is 19.0 Å². The number of halogens is 1. The first kappa shape index (κ1) is 13.3. The third-order valence-corrected chi connectivity index (χ3v) is 3.10. The number of nitrogens with zero attached hydrogens (tertiary/aromatic N) is 2.